The highest BCUT2D eigenvalue weighted by molar-refractivity contribution is 6.44. The van der Waals surface area contributed by atoms with Crippen molar-refractivity contribution in [1.82, 2.24) is 0 Å². The molecule has 2 aromatic rings. The Balaban J connectivity index is 1.98. The second-order valence-electron chi connectivity index (χ2n) is 4.52. The minimum Gasteiger partial charge on any atom is -0.494 e. The maximum atomic E-state index is 11.9. The van der Waals surface area contributed by atoms with Crippen LogP contribution in [0.1, 0.15) is 6.92 Å². The summed E-state index contributed by atoms with van der Waals surface area (Å²) in [5.41, 5.74) is 0.826. The van der Waals surface area contributed by atoms with Crippen molar-refractivity contribution in [2.45, 2.75) is 6.92 Å². The first kappa shape index (κ1) is 17.1. The van der Waals surface area contributed by atoms with Gasteiger partial charge in [-0.15, -0.1) is 0 Å². The highest BCUT2D eigenvalue weighted by atomic mass is 35.5. The van der Waals surface area contributed by atoms with E-state index in [-0.39, 0.29) is 0 Å². The molecule has 0 saturated heterocycles. The van der Waals surface area contributed by atoms with E-state index in [9.17, 15) is 9.59 Å². The molecule has 2 N–H and O–H groups in total. The number of carbonyl (C=O) groups excluding carboxylic acids is 2. The van der Waals surface area contributed by atoms with Crippen LogP contribution in [0.5, 0.6) is 5.75 Å². The van der Waals surface area contributed by atoms with Crippen molar-refractivity contribution in [1.29, 1.82) is 0 Å². The third-order valence-electron chi connectivity index (χ3n) is 2.75. The van der Waals surface area contributed by atoms with Gasteiger partial charge in [-0.1, -0.05) is 23.2 Å². The van der Waals surface area contributed by atoms with Crippen molar-refractivity contribution in [2.75, 3.05) is 17.2 Å². The highest BCUT2D eigenvalue weighted by Gasteiger charge is 2.14. The molecule has 0 saturated carbocycles. The lowest BCUT2D eigenvalue weighted by Gasteiger charge is -2.08. The predicted octanol–water partition coefficient (Wildman–Crippen LogP) is 3.97. The topological polar surface area (TPSA) is 67.4 Å². The number of rotatable bonds is 4. The van der Waals surface area contributed by atoms with Crippen LogP contribution in [0.25, 0.3) is 0 Å². The van der Waals surface area contributed by atoms with Crippen LogP contribution in [0.2, 0.25) is 10.0 Å². The minimum atomic E-state index is -0.822. The molecule has 0 atom stereocenters. The number of benzene rings is 2. The largest absolute Gasteiger partial charge is 0.494 e. The summed E-state index contributed by atoms with van der Waals surface area (Å²) in [5.74, 6) is -0.939. The number of amides is 2. The Hall–Kier alpha value is -2.24. The molecule has 5 nitrogen and oxygen atoms in total. The Morgan fingerprint density at radius 3 is 1.96 bits per heavy atom. The number of ether oxygens (including phenoxy) is 1. The average Bonchev–Trinajstić information content (AvgIpc) is 2.48. The summed E-state index contributed by atoms with van der Waals surface area (Å²) < 4.78 is 5.30. The van der Waals surface area contributed by atoms with E-state index in [1.807, 2.05) is 6.92 Å². The summed E-state index contributed by atoms with van der Waals surface area (Å²) in [4.78, 5) is 23.8. The third kappa shape index (κ3) is 5.16. The Kier molecular flexibility index (Phi) is 5.84. The second-order valence-corrected chi connectivity index (χ2v) is 5.40. The maximum Gasteiger partial charge on any atom is 0.314 e. The zero-order valence-corrected chi connectivity index (χ0v) is 13.7. The summed E-state index contributed by atoms with van der Waals surface area (Å²) in [7, 11) is 0. The van der Waals surface area contributed by atoms with Crippen molar-refractivity contribution in [3.8, 4) is 5.75 Å². The van der Waals surface area contributed by atoms with E-state index < -0.39 is 11.8 Å². The number of hydrogen-bond donors (Lipinski definition) is 2. The van der Waals surface area contributed by atoms with E-state index in [0.717, 1.165) is 0 Å². The smallest absolute Gasteiger partial charge is 0.314 e. The molecule has 2 amide bonds. The maximum absolute atomic E-state index is 11.9. The summed E-state index contributed by atoms with van der Waals surface area (Å²) >= 11 is 11.7. The van der Waals surface area contributed by atoms with Crippen LogP contribution in [0, 0.1) is 0 Å². The van der Waals surface area contributed by atoms with Crippen molar-refractivity contribution >= 4 is 46.4 Å². The van der Waals surface area contributed by atoms with E-state index in [1.54, 1.807) is 24.3 Å². The molecule has 0 aliphatic rings. The number of anilines is 2. The van der Waals surface area contributed by atoms with Crippen LogP contribution in [0.4, 0.5) is 11.4 Å². The van der Waals surface area contributed by atoms with E-state index in [4.69, 9.17) is 27.9 Å². The van der Waals surface area contributed by atoms with Gasteiger partial charge in [-0.2, -0.15) is 0 Å². The van der Waals surface area contributed by atoms with E-state index >= 15 is 0 Å². The lowest BCUT2D eigenvalue weighted by molar-refractivity contribution is -0.132. The van der Waals surface area contributed by atoms with Gasteiger partial charge in [0.1, 0.15) is 5.75 Å². The molecular weight excluding hydrogens is 339 g/mol. The highest BCUT2D eigenvalue weighted by Crippen LogP contribution is 2.22. The monoisotopic (exact) mass is 352 g/mol. The van der Waals surface area contributed by atoms with Crippen LogP contribution in [-0.2, 0) is 9.59 Å². The Morgan fingerprint density at radius 2 is 1.43 bits per heavy atom. The van der Waals surface area contributed by atoms with Crippen molar-refractivity contribution in [3.05, 3.63) is 52.5 Å². The van der Waals surface area contributed by atoms with Crippen molar-refractivity contribution in [2.24, 2.45) is 0 Å². The molecule has 0 radical (unpaired) electrons. The SMILES string of the molecule is CCOc1ccc(NC(=O)C(=O)Nc2cc(Cl)cc(Cl)c2)cc1. The standard InChI is InChI=1S/C16H14Cl2N2O3/c1-2-23-14-5-3-12(4-6-14)19-15(21)16(22)20-13-8-10(17)7-11(18)9-13/h3-9H,2H2,1H3,(H,19,21)(H,20,22). The minimum absolute atomic E-state index is 0.342. The van der Waals surface area contributed by atoms with Crippen LogP contribution < -0.4 is 15.4 Å². The number of carbonyl (C=O) groups is 2. The van der Waals surface area contributed by atoms with E-state index in [2.05, 4.69) is 10.6 Å². The van der Waals surface area contributed by atoms with E-state index in [0.29, 0.717) is 33.8 Å². The average molecular weight is 353 g/mol. The van der Waals surface area contributed by atoms with Gasteiger partial charge in [0.15, 0.2) is 0 Å². The first-order valence-electron chi connectivity index (χ1n) is 6.79. The Labute approximate surface area is 143 Å². The molecule has 7 heteroatoms. The zero-order chi connectivity index (χ0) is 16.8. The number of nitrogens with one attached hydrogen (secondary N) is 2. The molecular formula is C16H14Cl2N2O3. The molecule has 0 aliphatic heterocycles. The summed E-state index contributed by atoms with van der Waals surface area (Å²) in [6.07, 6.45) is 0. The zero-order valence-electron chi connectivity index (χ0n) is 12.2. The summed E-state index contributed by atoms with van der Waals surface area (Å²) in [6, 6.07) is 11.2. The lowest BCUT2D eigenvalue weighted by Crippen LogP contribution is -2.29. The van der Waals surface area contributed by atoms with Gasteiger partial charge in [0, 0.05) is 21.4 Å². The number of hydrogen-bond acceptors (Lipinski definition) is 3. The van der Waals surface area contributed by atoms with Gasteiger partial charge >= 0.3 is 11.8 Å². The third-order valence-corrected chi connectivity index (χ3v) is 3.19. The first-order valence-corrected chi connectivity index (χ1v) is 7.55. The molecule has 0 aromatic heterocycles. The van der Waals surface area contributed by atoms with Crippen molar-refractivity contribution < 1.29 is 14.3 Å². The molecule has 0 bridgehead atoms. The second kappa shape index (κ2) is 7.85. The molecule has 23 heavy (non-hydrogen) atoms. The normalized spacial score (nSPS) is 10.0. The predicted molar refractivity (Wildman–Crippen MR) is 91.3 cm³/mol. The van der Waals surface area contributed by atoms with Crippen LogP contribution >= 0.6 is 23.2 Å². The molecule has 2 rings (SSSR count). The van der Waals surface area contributed by atoms with Gasteiger partial charge in [0.05, 0.1) is 6.61 Å². The van der Waals surface area contributed by atoms with Crippen LogP contribution in [0.3, 0.4) is 0 Å². The summed E-state index contributed by atoms with van der Waals surface area (Å²) in [5, 5.41) is 5.64. The fraction of sp³-hybridized carbons (Fsp3) is 0.125. The first-order chi connectivity index (χ1) is 11.0. The van der Waals surface area contributed by atoms with Crippen molar-refractivity contribution in [3.63, 3.8) is 0 Å². The van der Waals surface area contributed by atoms with E-state index in [1.165, 1.54) is 18.2 Å². The van der Waals surface area contributed by atoms with Gasteiger partial charge in [-0.3, -0.25) is 9.59 Å². The van der Waals surface area contributed by atoms with Gasteiger partial charge in [-0.25, -0.2) is 0 Å². The molecule has 2 aromatic carbocycles. The molecule has 0 fully saturated rings. The quantitative estimate of drug-likeness (QED) is 0.818. The summed E-state index contributed by atoms with van der Waals surface area (Å²) in [6.45, 7) is 2.43. The molecule has 120 valence electrons. The Morgan fingerprint density at radius 1 is 0.913 bits per heavy atom. The van der Waals surface area contributed by atoms with Crippen LogP contribution in [-0.4, -0.2) is 18.4 Å². The number of halogens is 2. The fourth-order valence-electron chi connectivity index (χ4n) is 1.80. The molecule has 0 unspecified atom stereocenters. The molecule has 0 aliphatic carbocycles. The molecule has 0 spiro atoms. The van der Waals surface area contributed by atoms with Gasteiger partial charge < -0.3 is 15.4 Å². The fourth-order valence-corrected chi connectivity index (χ4v) is 2.33. The Bertz CT molecular complexity index is 698. The van der Waals surface area contributed by atoms with Gasteiger partial charge in [-0.05, 0) is 49.4 Å². The molecule has 0 heterocycles. The van der Waals surface area contributed by atoms with Gasteiger partial charge in [0.2, 0.25) is 0 Å². The van der Waals surface area contributed by atoms with Gasteiger partial charge in [0.25, 0.3) is 0 Å². The lowest BCUT2D eigenvalue weighted by atomic mass is 10.3. The van der Waals surface area contributed by atoms with Crippen LogP contribution in [0.15, 0.2) is 42.5 Å².